The van der Waals surface area contributed by atoms with Crippen molar-refractivity contribution in [2.75, 3.05) is 26.4 Å². The van der Waals surface area contributed by atoms with E-state index in [4.69, 9.17) is 18.9 Å². The quantitative estimate of drug-likeness (QED) is 0.0884. The van der Waals surface area contributed by atoms with Crippen molar-refractivity contribution >= 4 is 32.9 Å². The van der Waals surface area contributed by atoms with Crippen LogP contribution in [0.1, 0.15) is 90.9 Å². The molecule has 0 saturated carbocycles. The molecule has 6 rings (SSSR count). The lowest BCUT2D eigenvalue weighted by Crippen LogP contribution is -2.14. The van der Waals surface area contributed by atoms with E-state index in [0.717, 1.165) is 69.9 Å². The predicted octanol–water partition coefficient (Wildman–Crippen LogP) is 12.6. The van der Waals surface area contributed by atoms with E-state index in [1.165, 1.54) is 85.8 Å². The summed E-state index contributed by atoms with van der Waals surface area (Å²) in [6.07, 6.45) is 15.2. The Balaban J connectivity index is 1.15. The van der Waals surface area contributed by atoms with Crippen LogP contribution in [0.2, 0.25) is 0 Å². The highest BCUT2D eigenvalue weighted by Gasteiger charge is 2.26. The van der Waals surface area contributed by atoms with E-state index in [1.54, 1.807) is 11.3 Å². The van der Waals surface area contributed by atoms with Crippen molar-refractivity contribution < 1.29 is 18.9 Å². The number of hydrogen-bond donors (Lipinski definition) is 0. The Kier molecular flexibility index (Phi) is 12.0. The van der Waals surface area contributed by atoms with E-state index in [9.17, 15) is 0 Å². The normalized spacial score (nSPS) is 12.6. The van der Waals surface area contributed by atoms with Crippen LogP contribution in [0.5, 0.6) is 23.0 Å². The molecule has 0 atom stereocenters. The van der Waals surface area contributed by atoms with Crippen LogP contribution in [0.15, 0.2) is 72.8 Å². The second kappa shape index (κ2) is 16.9. The van der Waals surface area contributed by atoms with E-state index < -0.39 is 0 Å². The third kappa shape index (κ3) is 8.61. The van der Waals surface area contributed by atoms with Gasteiger partial charge in [0.05, 0.1) is 23.0 Å². The van der Waals surface area contributed by atoms with Crippen LogP contribution in [0.3, 0.4) is 0 Å². The van der Waals surface area contributed by atoms with Gasteiger partial charge in [0.1, 0.15) is 24.7 Å². The zero-order chi connectivity index (χ0) is 32.3. The minimum absolute atomic E-state index is 0.558. The number of benzene rings is 4. The van der Waals surface area contributed by atoms with E-state index >= 15 is 0 Å². The van der Waals surface area contributed by atoms with Gasteiger partial charge in [-0.3, -0.25) is 0 Å². The molecule has 0 amide bonds. The Morgan fingerprint density at radius 3 is 1.36 bits per heavy atom. The maximum absolute atomic E-state index is 6.25. The summed E-state index contributed by atoms with van der Waals surface area (Å²) >= 11 is 1.75. The summed E-state index contributed by atoms with van der Waals surface area (Å²) < 4.78 is 24.7. The van der Waals surface area contributed by atoms with E-state index in [-0.39, 0.29) is 0 Å². The van der Waals surface area contributed by atoms with Crippen LogP contribution < -0.4 is 18.9 Å². The molecule has 1 aromatic heterocycles. The van der Waals surface area contributed by atoms with Crippen molar-refractivity contribution in [3.05, 3.63) is 72.8 Å². The molecule has 1 aliphatic rings. The molecule has 0 saturated heterocycles. The number of unbranched alkanes of at least 4 members (excludes halogenated alkanes) is 10. The fourth-order valence-electron chi connectivity index (χ4n) is 6.39. The van der Waals surface area contributed by atoms with Gasteiger partial charge in [0.25, 0.3) is 0 Å². The Morgan fingerprint density at radius 1 is 0.489 bits per heavy atom. The van der Waals surface area contributed by atoms with Crippen molar-refractivity contribution in [1.82, 2.24) is 0 Å². The van der Waals surface area contributed by atoms with Gasteiger partial charge >= 0.3 is 0 Å². The summed E-state index contributed by atoms with van der Waals surface area (Å²) in [5.74, 6) is 3.60. The summed E-state index contributed by atoms with van der Waals surface area (Å²) in [5.41, 5.74) is 2.29. The molecule has 5 aromatic rings. The van der Waals surface area contributed by atoms with Crippen LogP contribution in [0.4, 0.5) is 0 Å². The number of hydrogen-bond acceptors (Lipinski definition) is 5. The smallest absolute Gasteiger partial charge is 0.180 e. The Labute approximate surface area is 285 Å². The lowest BCUT2D eigenvalue weighted by Gasteiger charge is -2.17. The fourth-order valence-corrected chi connectivity index (χ4v) is 7.57. The van der Waals surface area contributed by atoms with Crippen LogP contribution in [-0.4, -0.2) is 26.4 Å². The van der Waals surface area contributed by atoms with Gasteiger partial charge in [-0.2, -0.15) is 0 Å². The van der Waals surface area contributed by atoms with Gasteiger partial charge in [-0.05, 0) is 81.9 Å². The van der Waals surface area contributed by atoms with Gasteiger partial charge in [0.2, 0.25) is 0 Å². The van der Waals surface area contributed by atoms with Crippen molar-refractivity contribution in [1.29, 1.82) is 0 Å². The first-order chi connectivity index (χ1) is 23.2. The summed E-state index contributed by atoms with van der Waals surface area (Å²) in [6, 6.07) is 26.1. The molecule has 0 N–H and O–H groups in total. The molecular weight excluding hydrogens is 601 g/mol. The van der Waals surface area contributed by atoms with Crippen molar-refractivity contribution in [3.8, 4) is 43.9 Å². The average molecular weight is 651 g/mol. The highest BCUT2D eigenvalue weighted by Crippen LogP contribution is 2.54. The molecule has 0 radical (unpaired) electrons. The lowest BCUT2D eigenvalue weighted by atomic mass is 10.0. The molecule has 5 heteroatoms. The standard InChI is InChI=1S/C42H50O4S/c1-3-5-7-9-11-13-23-43-37-21-19-31-27-35(17-15-33(31)29-37)41-39-40(46-26-25-45-39)42(47-41)36-18-16-34-30-38(22-20-32(34)28-36)44-24-14-12-10-8-6-4-2/h15-22,27-30H,3-14,23-26H2,1-2H3. The molecule has 4 nitrogen and oxygen atoms in total. The molecule has 248 valence electrons. The first-order valence-corrected chi connectivity index (χ1v) is 18.8. The maximum atomic E-state index is 6.25. The molecule has 0 unspecified atom stereocenters. The van der Waals surface area contributed by atoms with Crippen molar-refractivity contribution in [2.24, 2.45) is 0 Å². The summed E-state index contributed by atoms with van der Waals surface area (Å²) in [7, 11) is 0. The van der Waals surface area contributed by atoms with Gasteiger partial charge in [-0.1, -0.05) is 114 Å². The highest BCUT2D eigenvalue weighted by molar-refractivity contribution is 7.19. The third-order valence-corrected chi connectivity index (χ3v) is 10.3. The van der Waals surface area contributed by atoms with Crippen LogP contribution >= 0.6 is 11.3 Å². The molecule has 0 aliphatic carbocycles. The molecule has 0 spiro atoms. The first-order valence-electron chi connectivity index (χ1n) is 18.0. The molecule has 1 aliphatic heterocycles. The van der Waals surface area contributed by atoms with Crippen LogP contribution in [0, 0.1) is 0 Å². The highest BCUT2D eigenvalue weighted by atomic mass is 32.1. The lowest BCUT2D eigenvalue weighted by molar-refractivity contribution is 0.175. The Hall–Kier alpha value is -3.70. The van der Waals surface area contributed by atoms with E-state index in [2.05, 4.69) is 86.6 Å². The van der Waals surface area contributed by atoms with Gasteiger partial charge in [0.15, 0.2) is 11.5 Å². The van der Waals surface area contributed by atoms with Crippen LogP contribution in [-0.2, 0) is 0 Å². The fraction of sp³-hybridized carbons (Fsp3) is 0.429. The molecule has 0 fully saturated rings. The number of rotatable bonds is 18. The number of thiophene rings is 1. The molecule has 47 heavy (non-hydrogen) atoms. The number of ether oxygens (including phenoxy) is 4. The zero-order valence-electron chi connectivity index (χ0n) is 28.3. The van der Waals surface area contributed by atoms with E-state index in [0.29, 0.717) is 13.2 Å². The summed E-state index contributed by atoms with van der Waals surface area (Å²) in [6.45, 7) is 7.19. The number of fused-ring (bicyclic) bond motifs is 3. The van der Waals surface area contributed by atoms with Crippen LogP contribution in [0.25, 0.3) is 42.4 Å². The summed E-state index contributed by atoms with van der Waals surface area (Å²) in [5, 5.41) is 4.74. The molecule has 2 heterocycles. The second-order valence-electron chi connectivity index (χ2n) is 12.8. The molecule has 0 bridgehead atoms. The minimum Gasteiger partial charge on any atom is -0.494 e. The summed E-state index contributed by atoms with van der Waals surface area (Å²) in [4.78, 5) is 2.22. The van der Waals surface area contributed by atoms with E-state index in [1.807, 2.05) is 0 Å². The Bertz CT molecular complexity index is 1610. The van der Waals surface area contributed by atoms with Crippen molar-refractivity contribution in [2.45, 2.75) is 90.9 Å². The Morgan fingerprint density at radius 2 is 0.894 bits per heavy atom. The zero-order valence-corrected chi connectivity index (χ0v) is 29.1. The molecule has 4 aromatic carbocycles. The first kappa shape index (κ1) is 33.2. The van der Waals surface area contributed by atoms with Gasteiger partial charge in [-0.15, -0.1) is 11.3 Å². The van der Waals surface area contributed by atoms with Crippen molar-refractivity contribution in [3.63, 3.8) is 0 Å². The second-order valence-corrected chi connectivity index (χ2v) is 13.8. The SMILES string of the molecule is CCCCCCCCOc1ccc2cc(-c3sc(-c4ccc5cc(OCCCCCCCC)ccc5c4)c4c3OCCO4)ccc2c1. The van der Waals surface area contributed by atoms with Gasteiger partial charge < -0.3 is 18.9 Å². The molecular formula is C42H50O4S. The predicted molar refractivity (Wildman–Crippen MR) is 199 cm³/mol. The topological polar surface area (TPSA) is 36.9 Å². The third-order valence-electron chi connectivity index (χ3n) is 9.08. The van der Waals surface area contributed by atoms with Gasteiger partial charge in [-0.25, -0.2) is 0 Å². The monoisotopic (exact) mass is 650 g/mol. The largest absolute Gasteiger partial charge is 0.494 e. The van der Waals surface area contributed by atoms with Gasteiger partial charge in [0, 0.05) is 0 Å². The average Bonchev–Trinajstić information content (AvgIpc) is 3.50. The minimum atomic E-state index is 0.558. The maximum Gasteiger partial charge on any atom is 0.180 e.